The van der Waals surface area contributed by atoms with Crippen molar-refractivity contribution in [3.05, 3.63) is 9.93 Å². The number of nitrogens with two attached hydrogens (primary N) is 1. The van der Waals surface area contributed by atoms with Crippen LogP contribution in [0.4, 0.5) is 0 Å². The van der Waals surface area contributed by atoms with Crippen LogP contribution in [0, 0.1) is 0 Å². The van der Waals surface area contributed by atoms with E-state index in [1.807, 2.05) is 0 Å². The first-order chi connectivity index (χ1) is 2.64. The third-order valence-electron chi connectivity index (χ3n) is 0.371. The van der Waals surface area contributed by atoms with Gasteiger partial charge in [-0.2, -0.15) is 0 Å². The van der Waals surface area contributed by atoms with Crippen LogP contribution in [0.15, 0.2) is 9.93 Å². The van der Waals surface area contributed by atoms with Gasteiger partial charge in [-0.05, 0) is 6.92 Å². The molecule has 3 heteroatoms. The van der Waals surface area contributed by atoms with E-state index in [4.69, 9.17) is 5.73 Å². The van der Waals surface area contributed by atoms with E-state index in [1.54, 1.807) is 6.92 Å². The summed E-state index contributed by atoms with van der Waals surface area (Å²) in [5.41, 5.74) is 5.10. The summed E-state index contributed by atoms with van der Waals surface area (Å²) in [6.07, 6.45) is 0. The molecule has 0 amide bonds. The Morgan fingerprint density at radius 3 is 1.67 bits per heavy atom. The fourth-order valence-corrected chi connectivity index (χ4v) is 0. The predicted molar refractivity (Wildman–Crippen MR) is 34.9 cm³/mol. The molecule has 0 aliphatic heterocycles. The Morgan fingerprint density at radius 2 is 1.67 bits per heavy atom. The first kappa shape index (κ1) is 6.24. The highest BCUT2D eigenvalue weighted by Gasteiger charge is 1.78. The highest BCUT2D eigenvalue weighted by atomic mass is 32.1. The van der Waals surface area contributed by atoms with Gasteiger partial charge in [0.15, 0.2) is 0 Å². The number of thiol groups is 2. The molecule has 1 nitrogen and oxygen atoms in total. The zero-order chi connectivity index (χ0) is 5.15. The minimum Gasteiger partial charge on any atom is -0.393 e. The van der Waals surface area contributed by atoms with Crippen molar-refractivity contribution in [1.29, 1.82) is 0 Å². The van der Waals surface area contributed by atoms with Crippen LogP contribution in [-0.2, 0) is 0 Å². The van der Waals surface area contributed by atoms with Crippen LogP contribution < -0.4 is 5.73 Å². The molecule has 6 heavy (non-hydrogen) atoms. The largest absolute Gasteiger partial charge is 0.393 e. The summed E-state index contributed by atoms with van der Waals surface area (Å²) in [5, 5.41) is 0.485. The van der Waals surface area contributed by atoms with Crippen molar-refractivity contribution in [2.24, 2.45) is 5.73 Å². The molecule has 0 atom stereocenters. The van der Waals surface area contributed by atoms with E-state index in [0.717, 1.165) is 4.91 Å². The molecule has 0 saturated heterocycles. The molecule has 2 N–H and O–H groups in total. The number of rotatable bonds is 0. The number of allylic oxidation sites excluding steroid dienone is 1. The molecule has 0 fully saturated rings. The Morgan fingerprint density at radius 1 is 1.50 bits per heavy atom. The third kappa shape index (κ3) is 2.48. The van der Waals surface area contributed by atoms with Crippen LogP contribution >= 0.6 is 25.3 Å². The van der Waals surface area contributed by atoms with Crippen LogP contribution in [0.2, 0.25) is 0 Å². The van der Waals surface area contributed by atoms with Crippen LogP contribution in [-0.4, -0.2) is 0 Å². The lowest BCUT2D eigenvalue weighted by atomic mass is 10.7. The smallest absolute Gasteiger partial charge is 0.0715 e. The van der Waals surface area contributed by atoms with E-state index in [-0.39, 0.29) is 0 Å². The van der Waals surface area contributed by atoms with Gasteiger partial charge in [0.2, 0.25) is 0 Å². The van der Waals surface area contributed by atoms with Crippen molar-refractivity contribution in [3.8, 4) is 0 Å². The minimum absolute atomic E-state index is 0.485. The molecular weight excluding hydrogens is 114 g/mol. The molecule has 0 spiro atoms. The summed E-state index contributed by atoms with van der Waals surface area (Å²) in [7, 11) is 0. The van der Waals surface area contributed by atoms with E-state index in [2.05, 4.69) is 25.3 Å². The molecule has 0 rings (SSSR count). The molecular formula is C3H7NS2. The van der Waals surface area contributed by atoms with E-state index in [9.17, 15) is 0 Å². The van der Waals surface area contributed by atoms with Gasteiger partial charge in [0.25, 0.3) is 0 Å². The Bertz CT molecular complexity index is 58.9. The van der Waals surface area contributed by atoms with Crippen molar-refractivity contribution in [1.82, 2.24) is 0 Å². The maximum Gasteiger partial charge on any atom is 0.0715 e. The maximum absolute atomic E-state index is 5.10. The van der Waals surface area contributed by atoms with Crippen LogP contribution in [0.3, 0.4) is 0 Å². The summed E-state index contributed by atoms with van der Waals surface area (Å²) in [6.45, 7) is 1.78. The van der Waals surface area contributed by atoms with Gasteiger partial charge >= 0.3 is 0 Å². The molecule has 0 radical (unpaired) electrons. The SMILES string of the molecule is CC(S)=C(N)S. The Hall–Kier alpha value is 0.240. The Balaban J connectivity index is 3.68. The second-order valence-electron chi connectivity index (χ2n) is 0.971. The Labute approximate surface area is 48.4 Å². The summed E-state index contributed by atoms with van der Waals surface area (Å²) in [6, 6.07) is 0. The molecule has 0 aliphatic rings. The first-order valence-electron chi connectivity index (χ1n) is 1.49. The molecule has 0 saturated carbocycles. The molecule has 0 heterocycles. The van der Waals surface area contributed by atoms with E-state index < -0.39 is 0 Å². The average Bonchev–Trinajstić information content (AvgIpc) is 1.36. The van der Waals surface area contributed by atoms with Crippen LogP contribution in [0.5, 0.6) is 0 Å². The molecule has 0 aromatic carbocycles. The van der Waals surface area contributed by atoms with Gasteiger partial charge < -0.3 is 5.73 Å². The quantitative estimate of drug-likeness (QED) is 0.409. The highest BCUT2D eigenvalue weighted by Crippen LogP contribution is 2.03. The highest BCUT2D eigenvalue weighted by molar-refractivity contribution is 7.88. The van der Waals surface area contributed by atoms with Gasteiger partial charge in [-0.1, -0.05) is 0 Å². The van der Waals surface area contributed by atoms with Gasteiger partial charge in [-0.15, -0.1) is 25.3 Å². The van der Waals surface area contributed by atoms with Crippen LogP contribution in [0.25, 0.3) is 0 Å². The fraction of sp³-hybridized carbons (Fsp3) is 0.333. The molecule has 0 aromatic heterocycles. The molecule has 0 aliphatic carbocycles. The zero-order valence-electron chi connectivity index (χ0n) is 3.47. The van der Waals surface area contributed by atoms with Gasteiger partial charge in [0.1, 0.15) is 0 Å². The molecule has 0 unspecified atom stereocenters. The van der Waals surface area contributed by atoms with Crippen molar-refractivity contribution < 1.29 is 0 Å². The third-order valence-corrected chi connectivity index (χ3v) is 1.12. The standard InChI is InChI=1S/C3H7NS2/c1-2(5)3(4)6/h5-6H,4H2,1H3. The van der Waals surface area contributed by atoms with Crippen LogP contribution in [0.1, 0.15) is 6.92 Å². The predicted octanol–water partition coefficient (Wildman–Crippen LogP) is 0.994. The second-order valence-corrected chi connectivity index (χ2v) is 2.12. The minimum atomic E-state index is 0.485. The molecule has 0 aromatic rings. The summed E-state index contributed by atoms with van der Waals surface area (Å²) < 4.78 is 0. The van der Waals surface area contributed by atoms with E-state index >= 15 is 0 Å². The zero-order valence-corrected chi connectivity index (χ0v) is 5.26. The maximum atomic E-state index is 5.10. The fourth-order valence-electron chi connectivity index (χ4n) is 0. The number of hydrogen-bond donors (Lipinski definition) is 3. The second kappa shape index (κ2) is 2.42. The summed E-state index contributed by atoms with van der Waals surface area (Å²) >= 11 is 7.65. The summed E-state index contributed by atoms with van der Waals surface area (Å²) in [4.78, 5) is 0.762. The topological polar surface area (TPSA) is 26.0 Å². The van der Waals surface area contributed by atoms with Crippen molar-refractivity contribution in [2.45, 2.75) is 6.92 Å². The molecule has 0 bridgehead atoms. The number of hydrogen-bond acceptors (Lipinski definition) is 3. The van der Waals surface area contributed by atoms with Gasteiger partial charge in [0, 0.05) is 4.91 Å². The van der Waals surface area contributed by atoms with Crippen molar-refractivity contribution >= 4 is 25.3 Å². The summed E-state index contributed by atoms with van der Waals surface area (Å²) in [5.74, 6) is 0. The van der Waals surface area contributed by atoms with Gasteiger partial charge in [0.05, 0.1) is 5.03 Å². The lowest BCUT2D eigenvalue weighted by molar-refractivity contribution is 1.49. The van der Waals surface area contributed by atoms with Gasteiger partial charge in [-0.3, -0.25) is 0 Å². The van der Waals surface area contributed by atoms with E-state index in [1.165, 1.54) is 0 Å². The molecule has 36 valence electrons. The Kier molecular flexibility index (Phi) is 2.52. The van der Waals surface area contributed by atoms with E-state index in [0.29, 0.717) is 5.03 Å². The normalized spacial score (nSPS) is 13.8. The van der Waals surface area contributed by atoms with Gasteiger partial charge in [-0.25, -0.2) is 0 Å². The van der Waals surface area contributed by atoms with Crippen molar-refractivity contribution in [3.63, 3.8) is 0 Å². The average molecular weight is 121 g/mol. The van der Waals surface area contributed by atoms with Crippen molar-refractivity contribution in [2.75, 3.05) is 0 Å². The monoisotopic (exact) mass is 121 g/mol. The first-order valence-corrected chi connectivity index (χ1v) is 2.38. The lowest BCUT2D eigenvalue weighted by Crippen LogP contribution is -1.87. The lowest BCUT2D eigenvalue weighted by Gasteiger charge is -1.86.